The minimum absolute atomic E-state index is 0.115. The zero-order chi connectivity index (χ0) is 20.3. The number of nitro groups is 1. The van der Waals surface area contributed by atoms with Crippen LogP contribution in [0.2, 0.25) is 0 Å². The number of likely N-dealkylation sites (N-methyl/N-ethyl adjacent to an activating group) is 1. The van der Waals surface area contributed by atoms with Crippen LogP contribution < -0.4 is 19.1 Å². The van der Waals surface area contributed by atoms with E-state index in [4.69, 9.17) is 14.2 Å². The predicted molar refractivity (Wildman–Crippen MR) is 106 cm³/mol. The van der Waals surface area contributed by atoms with Crippen LogP contribution in [-0.4, -0.2) is 31.9 Å². The molecule has 0 N–H and O–H groups in total. The summed E-state index contributed by atoms with van der Waals surface area (Å²) in [7, 11) is 5.05. The van der Waals surface area contributed by atoms with E-state index < -0.39 is 16.1 Å². The van der Waals surface area contributed by atoms with Crippen LogP contribution in [0, 0.1) is 10.1 Å². The first-order chi connectivity index (χ1) is 13.2. The second-order valence-corrected chi connectivity index (χ2v) is 7.52. The molecule has 0 radical (unpaired) electrons. The number of methoxy groups -OCH3 is 2. The molecule has 2 aliphatic rings. The SMILES string of the molecule is COc1cc2c(c([N+](=O)[O-])c1)OC1(C=C2)N(C)c2ccc(OC)cc2C1(C)C. The molecule has 7 nitrogen and oxygen atoms in total. The van der Waals surface area contributed by atoms with Crippen molar-refractivity contribution in [3.05, 3.63) is 57.6 Å². The maximum absolute atomic E-state index is 11.7. The van der Waals surface area contributed by atoms with Crippen LogP contribution in [0.3, 0.4) is 0 Å². The van der Waals surface area contributed by atoms with Crippen molar-refractivity contribution < 1.29 is 19.1 Å². The molecule has 7 heteroatoms. The fourth-order valence-corrected chi connectivity index (χ4v) is 4.23. The Labute approximate surface area is 163 Å². The zero-order valence-electron chi connectivity index (χ0n) is 16.5. The van der Waals surface area contributed by atoms with Gasteiger partial charge in [0.15, 0.2) is 0 Å². The van der Waals surface area contributed by atoms with Crippen LogP contribution in [-0.2, 0) is 5.41 Å². The lowest BCUT2D eigenvalue weighted by Crippen LogP contribution is -2.58. The molecule has 0 bridgehead atoms. The number of fused-ring (bicyclic) bond motifs is 2. The van der Waals surface area contributed by atoms with Gasteiger partial charge in [0.1, 0.15) is 11.5 Å². The van der Waals surface area contributed by atoms with Crippen molar-refractivity contribution in [3.63, 3.8) is 0 Å². The molecule has 0 fully saturated rings. The normalized spacial score (nSPS) is 21.1. The average molecular weight is 382 g/mol. The smallest absolute Gasteiger partial charge is 0.315 e. The molecule has 1 unspecified atom stereocenters. The summed E-state index contributed by atoms with van der Waals surface area (Å²) in [5.41, 5.74) is 1.15. The number of anilines is 1. The molecular formula is C21H22N2O5. The number of hydrogen-bond acceptors (Lipinski definition) is 6. The molecule has 0 saturated carbocycles. The molecule has 2 heterocycles. The monoisotopic (exact) mass is 382 g/mol. The Kier molecular flexibility index (Phi) is 3.82. The average Bonchev–Trinajstić information content (AvgIpc) is 2.85. The van der Waals surface area contributed by atoms with Gasteiger partial charge in [-0.1, -0.05) is 0 Å². The van der Waals surface area contributed by atoms with Crippen molar-refractivity contribution in [1.82, 2.24) is 0 Å². The summed E-state index contributed by atoms with van der Waals surface area (Å²) in [5.74, 6) is 1.42. The van der Waals surface area contributed by atoms with E-state index in [1.807, 2.05) is 42.3 Å². The number of nitro benzene ring substituents is 1. The Morgan fingerprint density at radius 2 is 1.82 bits per heavy atom. The third kappa shape index (κ3) is 2.22. The maximum atomic E-state index is 11.7. The van der Waals surface area contributed by atoms with Gasteiger partial charge in [-0.15, -0.1) is 0 Å². The van der Waals surface area contributed by atoms with Crippen molar-refractivity contribution in [1.29, 1.82) is 0 Å². The van der Waals surface area contributed by atoms with E-state index in [1.165, 1.54) is 13.2 Å². The highest BCUT2D eigenvalue weighted by molar-refractivity contribution is 5.76. The van der Waals surface area contributed by atoms with Crippen LogP contribution in [0.1, 0.15) is 25.0 Å². The Morgan fingerprint density at radius 1 is 1.11 bits per heavy atom. The molecule has 0 aromatic heterocycles. The highest BCUT2D eigenvalue weighted by atomic mass is 16.6. The molecular weight excluding hydrogens is 360 g/mol. The molecule has 2 aliphatic heterocycles. The maximum Gasteiger partial charge on any atom is 0.315 e. The Balaban J connectivity index is 1.90. The summed E-state index contributed by atoms with van der Waals surface area (Å²) >= 11 is 0. The Morgan fingerprint density at radius 3 is 2.46 bits per heavy atom. The van der Waals surface area contributed by atoms with Gasteiger partial charge in [0.05, 0.1) is 30.6 Å². The summed E-state index contributed by atoms with van der Waals surface area (Å²) in [5, 5.41) is 11.7. The molecule has 1 spiro atoms. The first-order valence-electron chi connectivity index (χ1n) is 8.92. The molecule has 146 valence electrons. The summed E-state index contributed by atoms with van der Waals surface area (Å²) in [6.45, 7) is 4.14. The van der Waals surface area contributed by atoms with Gasteiger partial charge in [0.25, 0.3) is 0 Å². The zero-order valence-corrected chi connectivity index (χ0v) is 16.5. The number of benzene rings is 2. The first-order valence-corrected chi connectivity index (χ1v) is 8.92. The van der Waals surface area contributed by atoms with Gasteiger partial charge >= 0.3 is 5.69 Å². The third-order valence-corrected chi connectivity index (χ3v) is 5.88. The Hall–Kier alpha value is -3.22. The fourth-order valence-electron chi connectivity index (χ4n) is 4.23. The lowest BCUT2D eigenvalue weighted by Gasteiger charge is -2.45. The fraction of sp³-hybridized carbons (Fsp3) is 0.333. The van der Waals surface area contributed by atoms with Gasteiger partial charge in [-0.25, -0.2) is 0 Å². The quantitative estimate of drug-likeness (QED) is 0.587. The van der Waals surface area contributed by atoms with Crippen molar-refractivity contribution in [2.75, 3.05) is 26.2 Å². The topological polar surface area (TPSA) is 74.1 Å². The van der Waals surface area contributed by atoms with Gasteiger partial charge in [0.2, 0.25) is 11.5 Å². The van der Waals surface area contributed by atoms with Crippen molar-refractivity contribution in [3.8, 4) is 17.2 Å². The number of rotatable bonds is 3. The first kappa shape index (κ1) is 18.2. The van der Waals surface area contributed by atoms with Gasteiger partial charge < -0.3 is 19.1 Å². The molecule has 0 amide bonds. The van der Waals surface area contributed by atoms with Gasteiger partial charge in [-0.3, -0.25) is 10.1 Å². The lowest BCUT2D eigenvalue weighted by atomic mass is 9.76. The Bertz CT molecular complexity index is 1010. The van der Waals surface area contributed by atoms with Crippen LogP contribution in [0.5, 0.6) is 17.2 Å². The second kappa shape index (κ2) is 5.89. The summed E-state index contributed by atoms with van der Waals surface area (Å²) in [6, 6.07) is 9.02. The van der Waals surface area contributed by atoms with E-state index in [9.17, 15) is 10.1 Å². The van der Waals surface area contributed by atoms with E-state index in [2.05, 4.69) is 13.8 Å². The minimum atomic E-state index is -0.909. The predicted octanol–water partition coefficient (Wildman–Crippen LogP) is 4.14. The number of ether oxygens (including phenoxy) is 3. The standard InChI is InChI=1S/C21H22N2O5/c1-20(2)16-11-14(26-4)6-7-17(16)22(3)21(20)9-8-13-10-15(27-5)12-18(23(24)25)19(13)28-21/h6-12H,1-5H3. The van der Waals surface area contributed by atoms with E-state index in [0.29, 0.717) is 11.3 Å². The summed E-state index contributed by atoms with van der Waals surface area (Å²) in [4.78, 5) is 13.3. The largest absolute Gasteiger partial charge is 0.497 e. The third-order valence-electron chi connectivity index (χ3n) is 5.88. The van der Waals surface area contributed by atoms with Crippen molar-refractivity contribution >= 4 is 17.5 Å². The van der Waals surface area contributed by atoms with Crippen LogP contribution in [0.15, 0.2) is 36.4 Å². The van der Waals surface area contributed by atoms with E-state index in [-0.39, 0.29) is 11.4 Å². The molecule has 4 rings (SSSR count). The van der Waals surface area contributed by atoms with Gasteiger partial charge in [-0.2, -0.15) is 0 Å². The highest BCUT2D eigenvalue weighted by Crippen LogP contribution is 2.56. The van der Waals surface area contributed by atoms with Gasteiger partial charge in [0, 0.05) is 18.3 Å². The van der Waals surface area contributed by atoms with Crippen LogP contribution in [0.4, 0.5) is 11.4 Å². The molecule has 1 atom stereocenters. The molecule has 0 aliphatic carbocycles. The van der Waals surface area contributed by atoms with Gasteiger partial charge in [-0.05, 0) is 55.8 Å². The summed E-state index contributed by atoms with van der Waals surface area (Å²) < 4.78 is 17.1. The lowest BCUT2D eigenvalue weighted by molar-refractivity contribution is -0.386. The van der Waals surface area contributed by atoms with E-state index >= 15 is 0 Å². The molecule has 2 aromatic rings. The molecule has 0 saturated heterocycles. The van der Waals surface area contributed by atoms with E-state index in [1.54, 1.807) is 13.2 Å². The number of hydrogen-bond donors (Lipinski definition) is 0. The molecule has 2 aromatic carbocycles. The highest BCUT2D eigenvalue weighted by Gasteiger charge is 2.58. The summed E-state index contributed by atoms with van der Waals surface area (Å²) in [6.07, 6.45) is 3.83. The minimum Gasteiger partial charge on any atom is -0.497 e. The number of nitrogens with zero attached hydrogens (tertiary/aromatic N) is 2. The van der Waals surface area contributed by atoms with Crippen molar-refractivity contribution in [2.24, 2.45) is 0 Å². The van der Waals surface area contributed by atoms with Crippen molar-refractivity contribution in [2.45, 2.75) is 25.0 Å². The van der Waals surface area contributed by atoms with E-state index in [0.717, 1.165) is 17.0 Å². The van der Waals surface area contributed by atoms with Crippen LogP contribution in [0.25, 0.3) is 6.08 Å². The van der Waals surface area contributed by atoms with Crippen LogP contribution >= 0.6 is 0 Å². The second-order valence-electron chi connectivity index (χ2n) is 7.52. The molecule has 28 heavy (non-hydrogen) atoms.